The van der Waals surface area contributed by atoms with Gasteiger partial charge in [0.1, 0.15) is 0 Å². The molecule has 0 aliphatic heterocycles. The Hall–Kier alpha value is -0.780. The van der Waals surface area contributed by atoms with Crippen LogP contribution >= 0.6 is 0 Å². The van der Waals surface area contributed by atoms with Gasteiger partial charge in [-0.15, -0.1) is 6.58 Å². The summed E-state index contributed by atoms with van der Waals surface area (Å²) in [6, 6.07) is 0. The first-order valence-corrected chi connectivity index (χ1v) is 6.50. The maximum absolute atomic E-state index is 3.93. The number of allylic oxidation sites excluding steroid dienone is 5. The van der Waals surface area contributed by atoms with E-state index in [0.29, 0.717) is 5.41 Å². The Morgan fingerprint density at radius 1 is 1.12 bits per heavy atom. The molecule has 90 valence electrons. The Morgan fingerprint density at radius 2 is 1.81 bits per heavy atom. The van der Waals surface area contributed by atoms with Crippen LogP contribution < -0.4 is 0 Å². The van der Waals surface area contributed by atoms with Gasteiger partial charge in [0, 0.05) is 0 Å². The maximum atomic E-state index is 3.93. The predicted octanol–water partition coefficient (Wildman–Crippen LogP) is 5.43. The van der Waals surface area contributed by atoms with Crippen molar-refractivity contribution in [1.82, 2.24) is 0 Å². The summed E-state index contributed by atoms with van der Waals surface area (Å²) in [4.78, 5) is 0. The third-order valence-electron chi connectivity index (χ3n) is 3.55. The monoisotopic (exact) mass is 218 g/mol. The van der Waals surface area contributed by atoms with Gasteiger partial charge in [0.2, 0.25) is 0 Å². The third-order valence-corrected chi connectivity index (χ3v) is 3.55. The van der Waals surface area contributed by atoms with Gasteiger partial charge in [-0.05, 0) is 64.7 Å². The number of rotatable bonds is 7. The minimum absolute atomic E-state index is 0.524. The molecule has 0 bridgehead atoms. The second kappa shape index (κ2) is 6.08. The Labute approximate surface area is 101 Å². The van der Waals surface area contributed by atoms with Gasteiger partial charge >= 0.3 is 0 Å². The molecule has 0 saturated heterocycles. The van der Waals surface area contributed by atoms with E-state index in [2.05, 4.69) is 45.6 Å². The lowest BCUT2D eigenvalue weighted by Gasteiger charge is -2.06. The van der Waals surface area contributed by atoms with Crippen LogP contribution in [0.25, 0.3) is 0 Å². The van der Waals surface area contributed by atoms with Crippen LogP contribution in [0.3, 0.4) is 0 Å². The summed E-state index contributed by atoms with van der Waals surface area (Å²) in [5.74, 6) is 0. The van der Waals surface area contributed by atoms with Crippen LogP contribution in [-0.2, 0) is 0 Å². The molecular formula is C16H26. The summed E-state index contributed by atoms with van der Waals surface area (Å²) < 4.78 is 0. The molecule has 0 radical (unpaired) electrons. The van der Waals surface area contributed by atoms with Crippen LogP contribution in [0.1, 0.15) is 59.3 Å². The molecule has 0 heterocycles. The molecule has 16 heavy (non-hydrogen) atoms. The molecule has 0 heteroatoms. The average Bonchev–Trinajstić information content (AvgIpc) is 2.98. The number of hydrogen-bond donors (Lipinski definition) is 0. The SMILES string of the molecule is C=CC1(CC/C=C(\C)CCC=C(C)C)CC1. The highest BCUT2D eigenvalue weighted by atomic mass is 14.4. The van der Waals surface area contributed by atoms with Gasteiger partial charge in [-0.2, -0.15) is 0 Å². The standard InChI is InChI=1S/C16H26/c1-5-16(12-13-16)11-7-10-15(4)9-6-8-14(2)3/h5,8,10H,1,6-7,9,11-13H2,2-4H3/b15-10+. The van der Waals surface area contributed by atoms with E-state index in [1.54, 1.807) is 0 Å². The lowest BCUT2D eigenvalue weighted by atomic mass is 9.99. The molecule has 0 amide bonds. The smallest absolute Gasteiger partial charge is 0.0117 e. The quantitative estimate of drug-likeness (QED) is 0.500. The summed E-state index contributed by atoms with van der Waals surface area (Å²) in [6.45, 7) is 10.5. The van der Waals surface area contributed by atoms with Crippen molar-refractivity contribution in [1.29, 1.82) is 0 Å². The van der Waals surface area contributed by atoms with Crippen LogP contribution in [0.15, 0.2) is 36.0 Å². The predicted molar refractivity (Wildman–Crippen MR) is 73.5 cm³/mol. The highest BCUT2D eigenvalue weighted by molar-refractivity contribution is 5.08. The van der Waals surface area contributed by atoms with Crippen molar-refractivity contribution in [2.45, 2.75) is 59.3 Å². The van der Waals surface area contributed by atoms with E-state index >= 15 is 0 Å². The first-order chi connectivity index (χ1) is 7.58. The Morgan fingerprint density at radius 3 is 2.31 bits per heavy atom. The summed E-state index contributed by atoms with van der Waals surface area (Å²) in [7, 11) is 0. The van der Waals surface area contributed by atoms with Gasteiger partial charge in [-0.25, -0.2) is 0 Å². The van der Waals surface area contributed by atoms with E-state index in [9.17, 15) is 0 Å². The molecule has 0 aromatic heterocycles. The molecule has 0 unspecified atom stereocenters. The fourth-order valence-corrected chi connectivity index (χ4v) is 2.01. The zero-order valence-electron chi connectivity index (χ0n) is 11.2. The van der Waals surface area contributed by atoms with E-state index in [1.165, 1.54) is 49.7 Å². The third kappa shape index (κ3) is 4.83. The second-order valence-electron chi connectivity index (χ2n) is 5.48. The van der Waals surface area contributed by atoms with Crippen molar-refractivity contribution in [3.8, 4) is 0 Å². The van der Waals surface area contributed by atoms with Crippen molar-refractivity contribution in [3.05, 3.63) is 36.0 Å². The van der Waals surface area contributed by atoms with Gasteiger partial charge in [0.05, 0.1) is 0 Å². The average molecular weight is 218 g/mol. The molecule has 1 rings (SSSR count). The number of hydrogen-bond acceptors (Lipinski definition) is 0. The van der Waals surface area contributed by atoms with E-state index < -0.39 is 0 Å². The van der Waals surface area contributed by atoms with Crippen LogP contribution in [0.4, 0.5) is 0 Å². The van der Waals surface area contributed by atoms with E-state index in [1.807, 2.05) is 0 Å². The Kier molecular flexibility index (Phi) is 5.05. The van der Waals surface area contributed by atoms with Crippen LogP contribution in [-0.4, -0.2) is 0 Å². The lowest BCUT2D eigenvalue weighted by Crippen LogP contribution is -1.93. The minimum Gasteiger partial charge on any atom is -0.103 e. The summed E-state index contributed by atoms with van der Waals surface area (Å²) in [5.41, 5.74) is 3.49. The molecule has 0 spiro atoms. The van der Waals surface area contributed by atoms with Crippen LogP contribution in [0, 0.1) is 5.41 Å². The topological polar surface area (TPSA) is 0 Å². The van der Waals surface area contributed by atoms with Gasteiger partial charge < -0.3 is 0 Å². The molecule has 0 nitrogen and oxygen atoms in total. The molecule has 1 aliphatic rings. The lowest BCUT2D eigenvalue weighted by molar-refractivity contribution is 0.591. The molecular weight excluding hydrogens is 192 g/mol. The molecule has 1 fully saturated rings. The Balaban J connectivity index is 2.18. The van der Waals surface area contributed by atoms with Crippen molar-refractivity contribution >= 4 is 0 Å². The zero-order chi connectivity index (χ0) is 12.0. The maximum Gasteiger partial charge on any atom is -0.0117 e. The Bertz CT molecular complexity index is 283. The summed E-state index contributed by atoms with van der Waals surface area (Å²) >= 11 is 0. The molecule has 0 N–H and O–H groups in total. The van der Waals surface area contributed by atoms with Crippen molar-refractivity contribution in [2.24, 2.45) is 5.41 Å². The fourth-order valence-electron chi connectivity index (χ4n) is 2.01. The normalized spacial score (nSPS) is 18.1. The van der Waals surface area contributed by atoms with E-state index in [4.69, 9.17) is 0 Å². The summed E-state index contributed by atoms with van der Waals surface area (Å²) in [5, 5.41) is 0. The van der Waals surface area contributed by atoms with Gasteiger partial charge in [0.15, 0.2) is 0 Å². The first-order valence-electron chi connectivity index (χ1n) is 6.50. The molecule has 1 aliphatic carbocycles. The van der Waals surface area contributed by atoms with Gasteiger partial charge in [-0.1, -0.05) is 29.4 Å². The van der Waals surface area contributed by atoms with Crippen molar-refractivity contribution < 1.29 is 0 Å². The van der Waals surface area contributed by atoms with Crippen molar-refractivity contribution in [3.63, 3.8) is 0 Å². The van der Waals surface area contributed by atoms with E-state index in [-0.39, 0.29) is 0 Å². The largest absolute Gasteiger partial charge is 0.103 e. The molecule has 0 aromatic rings. The molecule has 1 saturated carbocycles. The van der Waals surface area contributed by atoms with Crippen molar-refractivity contribution in [2.75, 3.05) is 0 Å². The summed E-state index contributed by atoms with van der Waals surface area (Å²) in [6.07, 6.45) is 14.6. The molecule has 0 atom stereocenters. The first kappa shape index (κ1) is 13.3. The highest BCUT2D eigenvalue weighted by Gasteiger charge is 2.38. The van der Waals surface area contributed by atoms with Crippen LogP contribution in [0.2, 0.25) is 0 Å². The van der Waals surface area contributed by atoms with Crippen LogP contribution in [0.5, 0.6) is 0 Å². The second-order valence-corrected chi connectivity index (χ2v) is 5.48. The van der Waals surface area contributed by atoms with E-state index in [0.717, 1.165) is 0 Å². The minimum atomic E-state index is 0.524. The zero-order valence-corrected chi connectivity index (χ0v) is 11.2. The van der Waals surface area contributed by atoms with Gasteiger partial charge in [0.25, 0.3) is 0 Å². The van der Waals surface area contributed by atoms with Gasteiger partial charge in [-0.3, -0.25) is 0 Å². The molecule has 0 aromatic carbocycles. The highest BCUT2D eigenvalue weighted by Crippen LogP contribution is 2.50. The fraction of sp³-hybridized carbons (Fsp3) is 0.625.